The van der Waals surface area contributed by atoms with Crippen LogP contribution in [0.1, 0.15) is 11.1 Å². The molecule has 0 unspecified atom stereocenters. The Balaban J connectivity index is 1.51. The first-order chi connectivity index (χ1) is 15.3. The number of benzene rings is 3. The van der Waals surface area contributed by atoms with Crippen LogP contribution in [0.5, 0.6) is 5.75 Å². The molecule has 0 aliphatic rings. The predicted octanol–water partition coefficient (Wildman–Crippen LogP) is 4.70. The van der Waals surface area contributed by atoms with E-state index in [0.717, 1.165) is 16.9 Å². The Morgan fingerprint density at radius 3 is 2.19 bits per heavy atom. The highest BCUT2D eigenvalue weighted by Gasteiger charge is 2.16. The molecule has 9 heteroatoms. The van der Waals surface area contributed by atoms with Gasteiger partial charge >= 0.3 is 0 Å². The van der Waals surface area contributed by atoms with Crippen molar-refractivity contribution >= 4 is 44.8 Å². The van der Waals surface area contributed by atoms with Gasteiger partial charge in [0.05, 0.1) is 28.5 Å². The van der Waals surface area contributed by atoms with E-state index in [1.54, 1.807) is 31.4 Å². The number of hydrogen-bond acceptors (Lipinski definition) is 4. The van der Waals surface area contributed by atoms with Crippen LogP contribution >= 0.6 is 23.2 Å². The number of carbonyl (C=O) groups excluding carboxylic acids is 1. The maximum absolute atomic E-state index is 12.5. The largest absolute Gasteiger partial charge is 0.497 e. The second-order valence-electron chi connectivity index (χ2n) is 7.00. The van der Waals surface area contributed by atoms with Crippen molar-refractivity contribution in [3.05, 3.63) is 87.9 Å². The van der Waals surface area contributed by atoms with E-state index in [1.807, 2.05) is 24.3 Å². The third-order valence-electron chi connectivity index (χ3n) is 4.67. The molecule has 3 aromatic carbocycles. The SMILES string of the molecule is COc1ccc(CCNC(=O)Cc2ccc(NS(=O)(=O)c3ccc(Cl)c(Cl)c3)cc2)cc1. The second kappa shape index (κ2) is 10.7. The van der Waals surface area contributed by atoms with Gasteiger partial charge in [0.2, 0.25) is 5.91 Å². The summed E-state index contributed by atoms with van der Waals surface area (Å²) in [6.45, 7) is 0.521. The number of amides is 1. The van der Waals surface area contributed by atoms with Crippen LogP contribution in [0.3, 0.4) is 0 Å². The molecule has 0 saturated carbocycles. The van der Waals surface area contributed by atoms with E-state index in [9.17, 15) is 13.2 Å². The van der Waals surface area contributed by atoms with Crippen molar-refractivity contribution in [3.8, 4) is 5.75 Å². The van der Waals surface area contributed by atoms with Gasteiger partial charge in [-0.1, -0.05) is 47.5 Å². The van der Waals surface area contributed by atoms with Gasteiger partial charge < -0.3 is 10.1 Å². The molecule has 0 aliphatic carbocycles. The average Bonchev–Trinajstić information content (AvgIpc) is 2.77. The third-order valence-corrected chi connectivity index (χ3v) is 6.79. The van der Waals surface area contributed by atoms with E-state index in [1.165, 1.54) is 18.2 Å². The van der Waals surface area contributed by atoms with Gasteiger partial charge in [0.15, 0.2) is 0 Å². The van der Waals surface area contributed by atoms with Crippen LogP contribution in [0, 0.1) is 0 Å². The topological polar surface area (TPSA) is 84.5 Å². The predicted molar refractivity (Wildman–Crippen MR) is 127 cm³/mol. The molecule has 32 heavy (non-hydrogen) atoms. The maximum atomic E-state index is 12.5. The lowest BCUT2D eigenvalue weighted by molar-refractivity contribution is -0.120. The minimum atomic E-state index is -3.81. The van der Waals surface area contributed by atoms with Crippen molar-refractivity contribution < 1.29 is 17.9 Å². The Morgan fingerprint density at radius 2 is 1.56 bits per heavy atom. The molecule has 0 spiro atoms. The van der Waals surface area contributed by atoms with Crippen LogP contribution in [0.25, 0.3) is 0 Å². The number of ether oxygens (including phenoxy) is 1. The summed E-state index contributed by atoms with van der Waals surface area (Å²) in [6, 6.07) is 18.4. The minimum absolute atomic E-state index is 0.00668. The number of nitrogens with one attached hydrogen (secondary N) is 2. The van der Waals surface area contributed by atoms with E-state index < -0.39 is 10.0 Å². The van der Waals surface area contributed by atoms with Crippen molar-refractivity contribution in [2.75, 3.05) is 18.4 Å². The first-order valence-electron chi connectivity index (χ1n) is 9.73. The zero-order chi connectivity index (χ0) is 23.1. The molecule has 0 heterocycles. The molecule has 0 bridgehead atoms. The standard InChI is InChI=1S/C23H22Cl2N2O4S/c1-31-19-8-4-16(5-9-19)12-13-26-23(28)14-17-2-6-18(7-3-17)27-32(29,30)20-10-11-21(24)22(25)15-20/h2-11,15,27H,12-14H2,1H3,(H,26,28). The van der Waals surface area contributed by atoms with Crippen LogP contribution in [-0.4, -0.2) is 28.0 Å². The van der Waals surface area contributed by atoms with Gasteiger partial charge in [-0.25, -0.2) is 8.42 Å². The van der Waals surface area contributed by atoms with Crippen molar-refractivity contribution in [1.82, 2.24) is 5.32 Å². The van der Waals surface area contributed by atoms with Gasteiger partial charge in [-0.2, -0.15) is 0 Å². The molecule has 3 aromatic rings. The molecule has 0 atom stereocenters. The lowest BCUT2D eigenvalue weighted by Crippen LogP contribution is -2.27. The molecule has 3 rings (SSSR count). The third kappa shape index (κ3) is 6.63. The van der Waals surface area contributed by atoms with Gasteiger partial charge in [0.25, 0.3) is 10.0 Å². The molecule has 1 amide bonds. The Kier molecular flexibility index (Phi) is 8.01. The van der Waals surface area contributed by atoms with Crippen LogP contribution in [0.2, 0.25) is 10.0 Å². The zero-order valence-electron chi connectivity index (χ0n) is 17.3. The molecule has 6 nitrogen and oxygen atoms in total. The normalized spacial score (nSPS) is 11.1. The summed E-state index contributed by atoms with van der Waals surface area (Å²) >= 11 is 11.7. The number of carbonyl (C=O) groups is 1. The second-order valence-corrected chi connectivity index (χ2v) is 9.50. The molecule has 0 aliphatic heterocycles. The van der Waals surface area contributed by atoms with Crippen molar-refractivity contribution in [2.45, 2.75) is 17.7 Å². The lowest BCUT2D eigenvalue weighted by atomic mass is 10.1. The van der Waals surface area contributed by atoms with Crippen LogP contribution < -0.4 is 14.8 Å². The fourth-order valence-electron chi connectivity index (χ4n) is 2.94. The molecule has 168 valence electrons. The van der Waals surface area contributed by atoms with Crippen molar-refractivity contribution in [3.63, 3.8) is 0 Å². The monoisotopic (exact) mass is 492 g/mol. The van der Waals surface area contributed by atoms with E-state index in [2.05, 4.69) is 10.0 Å². The minimum Gasteiger partial charge on any atom is -0.497 e. The van der Waals surface area contributed by atoms with E-state index in [-0.39, 0.29) is 27.3 Å². The van der Waals surface area contributed by atoms with E-state index in [4.69, 9.17) is 27.9 Å². The summed E-state index contributed by atoms with van der Waals surface area (Å²) in [7, 11) is -2.19. The first kappa shape index (κ1) is 23.9. The van der Waals surface area contributed by atoms with Gasteiger partial charge in [0.1, 0.15) is 5.75 Å². The molecule has 0 radical (unpaired) electrons. The number of rotatable bonds is 9. The number of anilines is 1. The fraction of sp³-hybridized carbons (Fsp3) is 0.174. The van der Waals surface area contributed by atoms with Crippen molar-refractivity contribution in [1.29, 1.82) is 0 Å². The molecular weight excluding hydrogens is 471 g/mol. The van der Waals surface area contributed by atoms with E-state index >= 15 is 0 Å². The molecule has 0 aromatic heterocycles. The highest BCUT2D eigenvalue weighted by Crippen LogP contribution is 2.26. The van der Waals surface area contributed by atoms with Crippen LogP contribution in [0.15, 0.2) is 71.6 Å². The number of halogens is 2. The number of methoxy groups -OCH3 is 1. The van der Waals surface area contributed by atoms with E-state index in [0.29, 0.717) is 18.7 Å². The lowest BCUT2D eigenvalue weighted by Gasteiger charge is -2.10. The smallest absolute Gasteiger partial charge is 0.261 e. The highest BCUT2D eigenvalue weighted by molar-refractivity contribution is 7.92. The quantitative estimate of drug-likeness (QED) is 0.453. The summed E-state index contributed by atoms with van der Waals surface area (Å²) in [4.78, 5) is 12.2. The van der Waals surface area contributed by atoms with Gasteiger partial charge in [0, 0.05) is 12.2 Å². The zero-order valence-corrected chi connectivity index (χ0v) is 19.6. The van der Waals surface area contributed by atoms with Crippen molar-refractivity contribution in [2.24, 2.45) is 0 Å². The summed E-state index contributed by atoms with van der Waals surface area (Å²) in [5.41, 5.74) is 2.24. The maximum Gasteiger partial charge on any atom is 0.261 e. The summed E-state index contributed by atoms with van der Waals surface area (Å²) in [5.74, 6) is 0.683. The molecule has 2 N–H and O–H groups in total. The Labute approximate surface area is 197 Å². The fourth-order valence-corrected chi connectivity index (χ4v) is 4.38. The Morgan fingerprint density at radius 1 is 0.906 bits per heavy atom. The van der Waals surface area contributed by atoms with Crippen LogP contribution in [-0.2, 0) is 27.7 Å². The molecule has 0 fully saturated rings. The number of hydrogen-bond donors (Lipinski definition) is 2. The first-order valence-corrected chi connectivity index (χ1v) is 12.0. The van der Waals surface area contributed by atoms with Gasteiger partial charge in [-0.3, -0.25) is 9.52 Å². The molecular formula is C23H22Cl2N2O4S. The Bertz CT molecular complexity index is 1180. The van der Waals surface area contributed by atoms with Gasteiger partial charge in [-0.15, -0.1) is 0 Å². The summed E-state index contributed by atoms with van der Waals surface area (Å²) in [5, 5.41) is 3.32. The average molecular weight is 493 g/mol. The molecule has 0 saturated heterocycles. The summed E-state index contributed by atoms with van der Waals surface area (Å²) < 4.78 is 32.6. The Hall–Kier alpha value is -2.74. The highest BCUT2D eigenvalue weighted by atomic mass is 35.5. The van der Waals surface area contributed by atoms with Gasteiger partial charge in [-0.05, 0) is 60.0 Å². The summed E-state index contributed by atoms with van der Waals surface area (Å²) in [6.07, 6.45) is 0.910. The van der Waals surface area contributed by atoms with Crippen LogP contribution in [0.4, 0.5) is 5.69 Å². The number of sulfonamides is 1.